The molecule has 1 N–H and O–H groups in total. The summed E-state index contributed by atoms with van der Waals surface area (Å²) in [6.07, 6.45) is 0.0419. The number of esters is 1. The molecule has 0 radical (unpaired) electrons. The van der Waals surface area contributed by atoms with E-state index in [9.17, 15) is 14.4 Å². The van der Waals surface area contributed by atoms with E-state index in [-0.39, 0.29) is 18.9 Å². The van der Waals surface area contributed by atoms with Crippen LogP contribution in [0, 0.1) is 5.92 Å². The lowest BCUT2D eigenvalue weighted by molar-refractivity contribution is -0.151. The Labute approximate surface area is 166 Å². The molecule has 1 atom stereocenters. The molecule has 8 heteroatoms. The SMILES string of the molecule is O=C(COC(=O)[C@H]1CC(=O)N(c2ccc(Cl)cc2)C1)Nc1ccc(Cl)cc1. The van der Waals surface area contributed by atoms with Crippen molar-refractivity contribution in [3.63, 3.8) is 0 Å². The molecule has 140 valence electrons. The Kier molecular flexibility index (Phi) is 5.98. The summed E-state index contributed by atoms with van der Waals surface area (Å²) < 4.78 is 5.06. The average Bonchev–Trinajstić information content (AvgIpc) is 3.04. The Bertz CT molecular complexity index is 853. The van der Waals surface area contributed by atoms with Crippen LogP contribution in [0.4, 0.5) is 11.4 Å². The summed E-state index contributed by atoms with van der Waals surface area (Å²) in [6, 6.07) is 13.3. The molecule has 6 nitrogen and oxygen atoms in total. The van der Waals surface area contributed by atoms with Gasteiger partial charge in [0, 0.05) is 34.4 Å². The van der Waals surface area contributed by atoms with Gasteiger partial charge in [-0.2, -0.15) is 0 Å². The molecule has 27 heavy (non-hydrogen) atoms. The topological polar surface area (TPSA) is 75.7 Å². The fraction of sp³-hybridized carbons (Fsp3) is 0.211. The van der Waals surface area contributed by atoms with Gasteiger partial charge in [0.2, 0.25) is 5.91 Å². The third-order valence-corrected chi connectivity index (χ3v) is 4.57. The molecule has 0 unspecified atom stereocenters. The molecule has 1 aliphatic heterocycles. The minimum absolute atomic E-state index is 0.0419. The third kappa shape index (κ3) is 4.99. The molecule has 0 spiro atoms. The highest BCUT2D eigenvalue weighted by Crippen LogP contribution is 2.27. The Morgan fingerprint density at radius 3 is 2.26 bits per heavy atom. The van der Waals surface area contributed by atoms with Crippen LogP contribution in [-0.2, 0) is 19.1 Å². The van der Waals surface area contributed by atoms with Crippen molar-refractivity contribution in [1.29, 1.82) is 0 Å². The molecule has 2 aromatic rings. The molecule has 0 aromatic heterocycles. The summed E-state index contributed by atoms with van der Waals surface area (Å²) in [6.45, 7) is -0.217. The molecular formula is C19H16Cl2N2O4. The van der Waals surface area contributed by atoms with Gasteiger partial charge in [-0.3, -0.25) is 14.4 Å². The van der Waals surface area contributed by atoms with Crippen LogP contribution in [0.15, 0.2) is 48.5 Å². The van der Waals surface area contributed by atoms with Crippen LogP contribution < -0.4 is 10.2 Å². The van der Waals surface area contributed by atoms with E-state index in [0.29, 0.717) is 21.4 Å². The lowest BCUT2D eigenvalue weighted by Gasteiger charge is -2.16. The highest BCUT2D eigenvalue weighted by molar-refractivity contribution is 6.31. The van der Waals surface area contributed by atoms with Crippen LogP contribution in [-0.4, -0.2) is 30.9 Å². The number of nitrogens with one attached hydrogen (secondary N) is 1. The molecule has 1 fully saturated rings. The van der Waals surface area contributed by atoms with Gasteiger partial charge in [0.1, 0.15) is 0 Å². The molecule has 3 rings (SSSR count). The summed E-state index contributed by atoms with van der Waals surface area (Å²) in [4.78, 5) is 37.8. The monoisotopic (exact) mass is 406 g/mol. The quantitative estimate of drug-likeness (QED) is 0.770. The van der Waals surface area contributed by atoms with E-state index in [1.165, 1.54) is 4.90 Å². The van der Waals surface area contributed by atoms with Gasteiger partial charge in [0.25, 0.3) is 5.91 Å². The number of carbonyl (C=O) groups excluding carboxylic acids is 3. The second-order valence-electron chi connectivity index (χ2n) is 6.04. The van der Waals surface area contributed by atoms with E-state index in [4.69, 9.17) is 27.9 Å². The van der Waals surface area contributed by atoms with Gasteiger partial charge in [0.15, 0.2) is 6.61 Å². The largest absolute Gasteiger partial charge is 0.455 e. The smallest absolute Gasteiger partial charge is 0.311 e. The number of benzene rings is 2. The average molecular weight is 407 g/mol. The van der Waals surface area contributed by atoms with Crippen LogP contribution in [0.5, 0.6) is 0 Å². The molecule has 1 heterocycles. The van der Waals surface area contributed by atoms with Crippen molar-refractivity contribution in [2.75, 3.05) is 23.4 Å². The zero-order valence-corrected chi connectivity index (χ0v) is 15.7. The van der Waals surface area contributed by atoms with Gasteiger partial charge in [-0.15, -0.1) is 0 Å². The first-order valence-electron chi connectivity index (χ1n) is 8.20. The maximum atomic E-state index is 12.2. The fourth-order valence-electron chi connectivity index (χ4n) is 2.72. The van der Waals surface area contributed by atoms with Gasteiger partial charge in [-0.25, -0.2) is 0 Å². The number of anilines is 2. The summed E-state index contributed by atoms with van der Waals surface area (Å²) in [5.41, 5.74) is 1.21. The standard InChI is InChI=1S/C19H16Cl2N2O4/c20-13-1-5-15(6-2-13)22-17(24)11-27-19(26)12-9-18(25)23(10-12)16-7-3-14(21)4-8-16/h1-8,12H,9-11H2,(H,22,24)/t12-/m0/s1. The van der Waals surface area contributed by atoms with E-state index < -0.39 is 24.4 Å². The third-order valence-electron chi connectivity index (χ3n) is 4.07. The van der Waals surface area contributed by atoms with E-state index in [1.54, 1.807) is 48.5 Å². The maximum absolute atomic E-state index is 12.2. The van der Waals surface area contributed by atoms with E-state index >= 15 is 0 Å². The Hall–Kier alpha value is -2.57. The first kappa shape index (κ1) is 19.2. The van der Waals surface area contributed by atoms with E-state index in [0.717, 1.165) is 0 Å². The van der Waals surface area contributed by atoms with Crippen LogP contribution >= 0.6 is 23.2 Å². The van der Waals surface area contributed by atoms with Gasteiger partial charge in [0.05, 0.1) is 5.92 Å². The Morgan fingerprint density at radius 1 is 1.04 bits per heavy atom. The highest BCUT2D eigenvalue weighted by Gasteiger charge is 2.36. The number of hydrogen-bond acceptors (Lipinski definition) is 4. The van der Waals surface area contributed by atoms with Gasteiger partial charge in [-0.05, 0) is 48.5 Å². The molecule has 1 aliphatic rings. The number of carbonyl (C=O) groups is 3. The molecule has 1 saturated heterocycles. The van der Waals surface area contributed by atoms with Crippen molar-refractivity contribution in [3.8, 4) is 0 Å². The van der Waals surface area contributed by atoms with E-state index in [1.807, 2.05) is 0 Å². The predicted molar refractivity (Wildman–Crippen MR) is 103 cm³/mol. The summed E-state index contributed by atoms with van der Waals surface area (Å²) in [5, 5.41) is 3.71. The first-order valence-corrected chi connectivity index (χ1v) is 8.96. The molecular weight excluding hydrogens is 391 g/mol. The second-order valence-corrected chi connectivity index (χ2v) is 6.92. The number of hydrogen-bond donors (Lipinski definition) is 1. The minimum atomic E-state index is -0.614. The second kappa shape index (κ2) is 8.41. The van der Waals surface area contributed by atoms with Gasteiger partial charge < -0.3 is 15.0 Å². The molecule has 0 bridgehead atoms. The minimum Gasteiger partial charge on any atom is -0.455 e. The van der Waals surface area contributed by atoms with Gasteiger partial charge >= 0.3 is 5.97 Å². The maximum Gasteiger partial charge on any atom is 0.311 e. The van der Waals surface area contributed by atoms with Crippen LogP contribution in [0.25, 0.3) is 0 Å². The highest BCUT2D eigenvalue weighted by atomic mass is 35.5. The van der Waals surface area contributed by atoms with Crippen molar-refractivity contribution >= 4 is 52.4 Å². The summed E-state index contributed by atoms with van der Waals surface area (Å²) in [7, 11) is 0. The number of halogens is 2. The zero-order valence-electron chi connectivity index (χ0n) is 14.2. The first-order chi connectivity index (χ1) is 12.9. The van der Waals surface area contributed by atoms with Gasteiger partial charge in [-0.1, -0.05) is 23.2 Å². The molecule has 0 saturated carbocycles. The number of nitrogens with zero attached hydrogens (tertiary/aromatic N) is 1. The van der Waals surface area contributed by atoms with Crippen molar-refractivity contribution in [1.82, 2.24) is 0 Å². The zero-order chi connectivity index (χ0) is 19.4. The molecule has 2 aromatic carbocycles. The number of ether oxygens (including phenoxy) is 1. The van der Waals surface area contributed by atoms with Crippen LogP contribution in [0.3, 0.4) is 0 Å². The lowest BCUT2D eigenvalue weighted by Crippen LogP contribution is -2.28. The molecule has 0 aliphatic carbocycles. The normalized spacial score (nSPS) is 16.3. The Morgan fingerprint density at radius 2 is 1.63 bits per heavy atom. The number of amides is 2. The summed E-state index contributed by atoms with van der Waals surface area (Å²) in [5.74, 6) is -1.84. The lowest BCUT2D eigenvalue weighted by atomic mass is 10.1. The Balaban J connectivity index is 1.51. The predicted octanol–water partition coefficient (Wildman–Crippen LogP) is 3.53. The van der Waals surface area contributed by atoms with Crippen molar-refractivity contribution < 1.29 is 19.1 Å². The van der Waals surface area contributed by atoms with E-state index in [2.05, 4.69) is 5.32 Å². The molecule has 2 amide bonds. The van der Waals surface area contributed by atoms with Crippen molar-refractivity contribution in [3.05, 3.63) is 58.6 Å². The van der Waals surface area contributed by atoms with Crippen molar-refractivity contribution in [2.24, 2.45) is 5.92 Å². The van der Waals surface area contributed by atoms with Crippen LogP contribution in [0.2, 0.25) is 10.0 Å². The fourth-order valence-corrected chi connectivity index (χ4v) is 2.97. The van der Waals surface area contributed by atoms with Crippen LogP contribution in [0.1, 0.15) is 6.42 Å². The van der Waals surface area contributed by atoms with Crippen molar-refractivity contribution in [2.45, 2.75) is 6.42 Å². The number of rotatable bonds is 5. The summed E-state index contributed by atoms with van der Waals surface area (Å²) >= 11 is 11.6.